The Bertz CT molecular complexity index is 375. The summed E-state index contributed by atoms with van der Waals surface area (Å²) in [6.45, 7) is 4.11. The van der Waals surface area contributed by atoms with Crippen LogP contribution in [0.3, 0.4) is 0 Å². The molecule has 4 heteroatoms. The highest BCUT2D eigenvalue weighted by Crippen LogP contribution is 2.28. The zero-order valence-corrected chi connectivity index (χ0v) is 11.4. The molecule has 1 N–H and O–H groups in total. The third-order valence-electron chi connectivity index (χ3n) is 3.71. The van der Waals surface area contributed by atoms with Crippen LogP contribution in [0.2, 0.25) is 0 Å². The van der Waals surface area contributed by atoms with Crippen LogP contribution in [0.25, 0.3) is 0 Å². The van der Waals surface area contributed by atoms with Crippen molar-refractivity contribution in [1.82, 2.24) is 10.2 Å². The lowest BCUT2D eigenvalue weighted by atomic mass is 10.1. The van der Waals surface area contributed by atoms with E-state index in [0.717, 1.165) is 19.4 Å². The molecule has 1 heterocycles. The second kappa shape index (κ2) is 6.44. The maximum absolute atomic E-state index is 14.2. The molecule has 0 bridgehead atoms. The Balaban J connectivity index is 1.96. The Morgan fingerprint density at radius 1 is 1.32 bits per heavy atom. The quantitative estimate of drug-likeness (QED) is 0.853. The molecule has 0 amide bonds. The van der Waals surface area contributed by atoms with Crippen LogP contribution in [0, 0.1) is 0 Å². The second-order valence-corrected chi connectivity index (χ2v) is 5.19. The molecule has 0 spiro atoms. The van der Waals surface area contributed by atoms with Crippen LogP contribution >= 0.6 is 0 Å². The summed E-state index contributed by atoms with van der Waals surface area (Å²) in [5.41, 5.74) is 0.104. The third kappa shape index (κ3) is 3.98. The normalized spacial score (nSPS) is 20.1. The van der Waals surface area contributed by atoms with Gasteiger partial charge in [0.1, 0.15) is 0 Å². The van der Waals surface area contributed by atoms with Gasteiger partial charge < -0.3 is 5.32 Å². The van der Waals surface area contributed by atoms with Gasteiger partial charge >= 0.3 is 0 Å². The number of rotatable bonds is 6. The van der Waals surface area contributed by atoms with Crippen LogP contribution < -0.4 is 5.32 Å². The molecule has 19 heavy (non-hydrogen) atoms. The molecule has 1 atom stereocenters. The van der Waals surface area contributed by atoms with Crippen LogP contribution in [0.4, 0.5) is 8.78 Å². The fourth-order valence-corrected chi connectivity index (χ4v) is 2.58. The molecular weight excluding hydrogens is 246 g/mol. The van der Waals surface area contributed by atoms with Crippen molar-refractivity contribution >= 4 is 0 Å². The molecule has 1 unspecified atom stereocenters. The minimum absolute atomic E-state index is 0.104. The van der Waals surface area contributed by atoms with Crippen LogP contribution in [0.15, 0.2) is 30.3 Å². The summed E-state index contributed by atoms with van der Waals surface area (Å²) >= 11 is 0. The van der Waals surface area contributed by atoms with Gasteiger partial charge in [0, 0.05) is 18.2 Å². The minimum atomic E-state index is -2.78. The summed E-state index contributed by atoms with van der Waals surface area (Å²) in [6, 6.07) is 8.46. The molecule has 2 nitrogen and oxygen atoms in total. The summed E-state index contributed by atoms with van der Waals surface area (Å²) in [5.74, 6) is -2.78. The lowest BCUT2D eigenvalue weighted by molar-refractivity contribution is -0.0382. The van der Waals surface area contributed by atoms with Crippen molar-refractivity contribution in [1.29, 1.82) is 0 Å². The Kier molecular flexibility index (Phi) is 4.88. The molecule has 1 aliphatic rings. The standard InChI is InChI=1S/C15H22F2N2/c1-2-19(11-14-9-6-10-18-14)12-15(16,17)13-7-4-3-5-8-13/h3-5,7-8,14,18H,2,6,9-12H2,1H3. The molecule has 1 aliphatic heterocycles. The summed E-state index contributed by atoms with van der Waals surface area (Å²) in [6.07, 6.45) is 2.24. The maximum atomic E-state index is 14.2. The first-order valence-electron chi connectivity index (χ1n) is 7.01. The Morgan fingerprint density at radius 2 is 2.05 bits per heavy atom. The molecular formula is C15H22F2N2. The van der Waals surface area contributed by atoms with Gasteiger partial charge in [-0.1, -0.05) is 37.3 Å². The number of likely N-dealkylation sites (N-methyl/N-ethyl adjacent to an activating group) is 1. The van der Waals surface area contributed by atoms with Gasteiger partial charge in [0.25, 0.3) is 5.92 Å². The maximum Gasteiger partial charge on any atom is 0.285 e. The molecule has 0 aromatic heterocycles. The van der Waals surface area contributed by atoms with Crippen molar-refractivity contribution in [3.63, 3.8) is 0 Å². The van der Waals surface area contributed by atoms with Crippen molar-refractivity contribution in [2.45, 2.75) is 31.7 Å². The van der Waals surface area contributed by atoms with E-state index in [0.29, 0.717) is 19.1 Å². The number of alkyl halides is 2. The van der Waals surface area contributed by atoms with E-state index in [2.05, 4.69) is 5.32 Å². The summed E-state index contributed by atoms with van der Waals surface area (Å²) < 4.78 is 28.4. The topological polar surface area (TPSA) is 15.3 Å². The zero-order chi connectivity index (χ0) is 13.7. The SMILES string of the molecule is CCN(CC1CCCN1)CC(F)(F)c1ccccc1. The van der Waals surface area contributed by atoms with E-state index < -0.39 is 5.92 Å². The monoisotopic (exact) mass is 268 g/mol. The molecule has 0 radical (unpaired) electrons. The lowest BCUT2D eigenvalue weighted by Gasteiger charge is -2.28. The van der Waals surface area contributed by atoms with Gasteiger partial charge in [-0.05, 0) is 25.9 Å². The molecule has 1 aromatic rings. The van der Waals surface area contributed by atoms with Gasteiger partial charge in [0.15, 0.2) is 0 Å². The first-order chi connectivity index (χ1) is 9.12. The van der Waals surface area contributed by atoms with Crippen molar-refractivity contribution in [3.05, 3.63) is 35.9 Å². The molecule has 106 valence electrons. The van der Waals surface area contributed by atoms with E-state index in [4.69, 9.17) is 0 Å². The van der Waals surface area contributed by atoms with E-state index in [9.17, 15) is 8.78 Å². The average Bonchev–Trinajstić information content (AvgIpc) is 2.91. The van der Waals surface area contributed by atoms with Crippen molar-refractivity contribution in [2.75, 3.05) is 26.2 Å². The van der Waals surface area contributed by atoms with Gasteiger partial charge in [-0.15, -0.1) is 0 Å². The Hall–Kier alpha value is -1.00. The smallest absolute Gasteiger partial charge is 0.285 e. The largest absolute Gasteiger partial charge is 0.313 e. The van der Waals surface area contributed by atoms with E-state index >= 15 is 0 Å². The van der Waals surface area contributed by atoms with Crippen LogP contribution in [0.5, 0.6) is 0 Å². The second-order valence-electron chi connectivity index (χ2n) is 5.19. The molecule has 1 fully saturated rings. The van der Waals surface area contributed by atoms with Crippen molar-refractivity contribution in [2.24, 2.45) is 0 Å². The number of nitrogens with zero attached hydrogens (tertiary/aromatic N) is 1. The van der Waals surface area contributed by atoms with Crippen LogP contribution in [0.1, 0.15) is 25.3 Å². The van der Waals surface area contributed by atoms with E-state index in [-0.39, 0.29) is 12.1 Å². The van der Waals surface area contributed by atoms with E-state index in [1.54, 1.807) is 18.2 Å². The number of hydrogen-bond acceptors (Lipinski definition) is 2. The Labute approximate surface area is 113 Å². The predicted molar refractivity (Wildman–Crippen MR) is 73.5 cm³/mol. The van der Waals surface area contributed by atoms with E-state index in [1.165, 1.54) is 12.1 Å². The first-order valence-corrected chi connectivity index (χ1v) is 7.01. The predicted octanol–water partition coefficient (Wildman–Crippen LogP) is 2.85. The van der Waals surface area contributed by atoms with Crippen LogP contribution in [-0.4, -0.2) is 37.1 Å². The van der Waals surface area contributed by atoms with Gasteiger partial charge in [-0.2, -0.15) is 8.78 Å². The number of benzene rings is 1. The van der Waals surface area contributed by atoms with Crippen LogP contribution in [-0.2, 0) is 5.92 Å². The van der Waals surface area contributed by atoms with Gasteiger partial charge in [0.2, 0.25) is 0 Å². The van der Waals surface area contributed by atoms with Crippen molar-refractivity contribution in [3.8, 4) is 0 Å². The van der Waals surface area contributed by atoms with Gasteiger partial charge in [-0.3, -0.25) is 4.90 Å². The molecule has 1 aromatic carbocycles. The first kappa shape index (κ1) is 14.4. The highest BCUT2D eigenvalue weighted by atomic mass is 19.3. The fraction of sp³-hybridized carbons (Fsp3) is 0.600. The average molecular weight is 268 g/mol. The highest BCUT2D eigenvalue weighted by Gasteiger charge is 2.34. The highest BCUT2D eigenvalue weighted by molar-refractivity contribution is 5.20. The number of nitrogens with one attached hydrogen (secondary N) is 1. The van der Waals surface area contributed by atoms with Crippen molar-refractivity contribution < 1.29 is 8.78 Å². The van der Waals surface area contributed by atoms with Gasteiger partial charge in [0.05, 0.1) is 6.54 Å². The molecule has 2 rings (SSSR count). The minimum Gasteiger partial charge on any atom is -0.313 e. The third-order valence-corrected chi connectivity index (χ3v) is 3.71. The lowest BCUT2D eigenvalue weighted by Crippen LogP contribution is -2.42. The molecule has 0 aliphatic carbocycles. The summed E-state index contributed by atoms with van der Waals surface area (Å²) in [5, 5.41) is 3.36. The van der Waals surface area contributed by atoms with Gasteiger partial charge in [-0.25, -0.2) is 0 Å². The molecule has 1 saturated heterocycles. The summed E-state index contributed by atoms with van der Waals surface area (Å²) in [7, 11) is 0. The molecule has 0 saturated carbocycles. The Morgan fingerprint density at radius 3 is 2.63 bits per heavy atom. The number of halogens is 2. The number of hydrogen-bond donors (Lipinski definition) is 1. The fourth-order valence-electron chi connectivity index (χ4n) is 2.58. The summed E-state index contributed by atoms with van der Waals surface area (Å²) in [4.78, 5) is 1.84. The van der Waals surface area contributed by atoms with E-state index in [1.807, 2.05) is 11.8 Å². The zero-order valence-electron chi connectivity index (χ0n) is 11.4.